The van der Waals surface area contributed by atoms with E-state index in [0.717, 1.165) is 11.1 Å². The number of benzene rings is 2. The zero-order valence-electron chi connectivity index (χ0n) is 16.6. The van der Waals surface area contributed by atoms with Crippen molar-refractivity contribution in [2.24, 2.45) is 5.92 Å². The molecule has 0 atom stereocenters. The number of piperidine rings is 1. The van der Waals surface area contributed by atoms with Gasteiger partial charge < -0.3 is 9.32 Å². The predicted molar refractivity (Wildman–Crippen MR) is 110 cm³/mol. The first-order chi connectivity index (χ1) is 14.6. The lowest BCUT2D eigenvalue weighted by Crippen LogP contribution is -2.40. The molecular formula is C24H23FN2O3. The van der Waals surface area contributed by atoms with Crippen molar-refractivity contribution < 1.29 is 18.4 Å². The summed E-state index contributed by atoms with van der Waals surface area (Å²) in [6, 6.07) is 15.3. The molecule has 1 aliphatic heterocycles. The van der Waals surface area contributed by atoms with Crippen LogP contribution >= 0.6 is 0 Å². The van der Waals surface area contributed by atoms with E-state index in [4.69, 9.17) is 4.42 Å². The quantitative estimate of drug-likeness (QED) is 0.564. The summed E-state index contributed by atoms with van der Waals surface area (Å²) >= 11 is 0. The zero-order chi connectivity index (χ0) is 20.9. The first-order valence-electron chi connectivity index (χ1n) is 10.2. The number of likely N-dealkylation sites (tertiary alicyclic amines) is 1. The van der Waals surface area contributed by atoms with Crippen LogP contribution in [-0.4, -0.2) is 34.7 Å². The van der Waals surface area contributed by atoms with Gasteiger partial charge in [-0.3, -0.25) is 9.59 Å². The number of carbonyl (C=O) groups is 2. The highest BCUT2D eigenvalue weighted by Crippen LogP contribution is 2.24. The molecule has 0 unspecified atom stereocenters. The third-order valence-corrected chi connectivity index (χ3v) is 5.51. The van der Waals surface area contributed by atoms with Gasteiger partial charge in [0.2, 0.25) is 5.91 Å². The molecule has 0 aliphatic carbocycles. The number of nitrogens with zero attached hydrogens (tertiary/aromatic N) is 2. The Hall–Kier alpha value is -3.28. The second kappa shape index (κ2) is 9.03. The Bertz CT molecular complexity index is 1010. The number of Topliss-reactive ketones (excluding diaryl/α,β-unsaturated/α-hetero) is 1. The fourth-order valence-corrected chi connectivity index (χ4v) is 3.77. The minimum atomic E-state index is -0.307. The third-order valence-electron chi connectivity index (χ3n) is 5.51. The van der Waals surface area contributed by atoms with E-state index in [0.29, 0.717) is 50.4 Å². The standard InChI is InChI=1S/C24H23FN2O3/c25-20-8-6-17(7-9-20)21-16-26-22(30-21)10-11-23(28)27-14-12-19(13-15-27)24(29)18-4-2-1-3-5-18/h1-9,16,19H,10-15H2. The summed E-state index contributed by atoms with van der Waals surface area (Å²) in [5.74, 6) is 0.909. The van der Waals surface area contributed by atoms with Crippen LogP contribution in [0.3, 0.4) is 0 Å². The van der Waals surface area contributed by atoms with E-state index in [9.17, 15) is 14.0 Å². The van der Waals surface area contributed by atoms with E-state index in [1.165, 1.54) is 12.1 Å². The minimum absolute atomic E-state index is 0.0264. The van der Waals surface area contributed by atoms with Gasteiger partial charge in [0.25, 0.3) is 0 Å². The van der Waals surface area contributed by atoms with E-state index >= 15 is 0 Å². The minimum Gasteiger partial charge on any atom is -0.441 e. The smallest absolute Gasteiger partial charge is 0.223 e. The molecular weight excluding hydrogens is 383 g/mol. The summed E-state index contributed by atoms with van der Waals surface area (Å²) in [4.78, 5) is 31.2. The molecule has 1 aromatic heterocycles. The average Bonchev–Trinajstić information content (AvgIpc) is 3.27. The van der Waals surface area contributed by atoms with Crippen LogP contribution in [0.15, 0.2) is 65.2 Å². The highest BCUT2D eigenvalue weighted by atomic mass is 19.1. The van der Waals surface area contributed by atoms with Gasteiger partial charge in [-0.05, 0) is 37.1 Å². The number of rotatable bonds is 6. The Morgan fingerprint density at radius 1 is 1.03 bits per heavy atom. The monoisotopic (exact) mass is 406 g/mol. The Labute approximate surface area is 174 Å². The largest absolute Gasteiger partial charge is 0.441 e. The van der Waals surface area contributed by atoms with Crippen molar-refractivity contribution >= 4 is 11.7 Å². The summed E-state index contributed by atoms with van der Waals surface area (Å²) < 4.78 is 18.7. The number of oxazole rings is 1. The topological polar surface area (TPSA) is 63.4 Å². The molecule has 154 valence electrons. The van der Waals surface area contributed by atoms with E-state index in [2.05, 4.69) is 4.98 Å². The van der Waals surface area contributed by atoms with Gasteiger partial charge in [0.15, 0.2) is 17.4 Å². The zero-order valence-corrected chi connectivity index (χ0v) is 16.6. The number of aryl methyl sites for hydroxylation is 1. The van der Waals surface area contributed by atoms with Crippen molar-refractivity contribution in [3.05, 3.63) is 78.1 Å². The number of carbonyl (C=O) groups excluding carboxylic acids is 2. The van der Waals surface area contributed by atoms with E-state index in [1.54, 1.807) is 18.3 Å². The first-order valence-corrected chi connectivity index (χ1v) is 10.2. The van der Waals surface area contributed by atoms with Crippen LogP contribution in [0.5, 0.6) is 0 Å². The summed E-state index contributed by atoms with van der Waals surface area (Å²) in [6.07, 6.45) is 3.68. The highest BCUT2D eigenvalue weighted by Gasteiger charge is 2.27. The number of ketones is 1. The Morgan fingerprint density at radius 3 is 2.43 bits per heavy atom. The maximum absolute atomic E-state index is 13.0. The van der Waals surface area contributed by atoms with Crippen molar-refractivity contribution in [3.8, 4) is 11.3 Å². The average molecular weight is 406 g/mol. The SMILES string of the molecule is O=C(c1ccccc1)C1CCN(C(=O)CCc2ncc(-c3ccc(F)cc3)o2)CC1. The number of aromatic nitrogens is 1. The molecule has 4 rings (SSSR count). The van der Waals surface area contributed by atoms with Crippen LogP contribution in [0.1, 0.15) is 35.5 Å². The molecule has 1 fully saturated rings. The highest BCUT2D eigenvalue weighted by molar-refractivity contribution is 5.98. The molecule has 3 aromatic rings. The molecule has 5 nitrogen and oxygen atoms in total. The molecule has 0 spiro atoms. The maximum Gasteiger partial charge on any atom is 0.223 e. The Balaban J connectivity index is 1.26. The third kappa shape index (κ3) is 4.64. The Kier molecular flexibility index (Phi) is 6.02. The molecule has 0 N–H and O–H groups in total. The van der Waals surface area contributed by atoms with Gasteiger partial charge in [-0.25, -0.2) is 9.37 Å². The normalized spacial score (nSPS) is 14.6. The maximum atomic E-state index is 13.0. The molecule has 1 aliphatic rings. The molecule has 6 heteroatoms. The molecule has 2 heterocycles. The van der Waals surface area contributed by atoms with Gasteiger partial charge in [0.05, 0.1) is 6.20 Å². The van der Waals surface area contributed by atoms with Crippen LogP contribution in [0, 0.1) is 11.7 Å². The van der Waals surface area contributed by atoms with Crippen molar-refractivity contribution in [2.45, 2.75) is 25.7 Å². The number of hydrogen-bond donors (Lipinski definition) is 0. The van der Waals surface area contributed by atoms with Crippen LogP contribution in [0.2, 0.25) is 0 Å². The molecule has 1 amide bonds. The van der Waals surface area contributed by atoms with E-state index < -0.39 is 0 Å². The van der Waals surface area contributed by atoms with Crippen LogP contribution in [0.4, 0.5) is 4.39 Å². The van der Waals surface area contributed by atoms with Gasteiger partial charge in [-0.2, -0.15) is 0 Å². The van der Waals surface area contributed by atoms with E-state index in [-0.39, 0.29) is 23.4 Å². The molecule has 1 saturated heterocycles. The fourth-order valence-electron chi connectivity index (χ4n) is 3.77. The summed E-state index contributed by atoms with van der Waals surface area (Å²) in [5, 5.41) is 0. The van der Waals surface area contributed by atoms with Crippen LogP contribution in [-0.2, 0) is 11.2 Å². The van der Waals surface area contributed by atoms with Gasteiger partial charge >= 0.3 is 0 Å². The van der Waals surface area contributed by atoms with Crippen molar-refractivity contribution in [3.63, 3.8) is 0 Å². The number of halogens is 1. The Morgan fingerprint density at radius 2 is 1.73 bits per heavy atom. The first kappa shape index (κ1) is 20.0. The lowest BCUT2D eigenvalue weighted by Gasteiger charge is -2.31. The summed E-state index contributed by atoms with van der Waals surface area (Å²) in [6.45, 7) is 1.18. The van der Waals surface area contributed by atoms with Gasteiger partial charge in [-0.1, -0.05) is 30.3 Å². The molecule has 2 aromatic carbocycles. The predicted octanol–water partition coefficient (Wildman–Crippen LogP) is 4.53. The van der Waals surface area contributed by atoms with Crippen molar-refractivity contribution in [1.29, 1.82) is 0 Å². The van der Waals surface area contributed by atoms with Crippen LogP contribution in [0.25, 0.3) is 11.3 Å². The molecule has 30 heavy (non-hydrogen) atoms. The number of hydrogen-bond acceptors (Lipinski definition) is 4. The van der Waals surface area contributed by atoms with Crippen LogP contribution < -0.4 is 0 Å². The van der Waals surface area contributed by atoms with Gasteiger partial charge in [-0.15, -0.1) is 0 Å². The van der Waals surface area contributed by atoms with E-state index in [1.807, 2.05) is 35.2 Å². The second-order valence-electron chi connectivity index (χ2n) is 7.51. The summed E-state index contributed by atoms with van der Waals surface area (Å²) in [5.41, 5.74) is 1.48. The van der Waals surface area contributed by atoms with Crippen molar-refractivity contribution in [2.75, 3.05) is 13.1 Å². The second-order valence-corrected chi connectivity index (χ2v) is 7.51. The lowest BCUT2D eigenvalue weighted by molar-refractivity contribution is -0.132. The van der Waals surface area contributed by atoms with Gasteiger partial charge in [0.1, 0.15) is 5.82 Å². The summed E-state index contributed by atoms with van der Waals surface area (Å²) in [7, 11) is 0. The molecule has 0 radical (unpaired) electrons. The number of amides is 1. The molecule has 0 saturated carbocycles. The molecule has 0 bridgehead atoms. The lowest BCUT2D eigenvalue weighted by atomic mass is 9.89. The van der Waals surface area contributed by atoms with Gasteiger partial charge in [0, 0.05) is 43.0 Å². The fraction of sp³-hybridized carbons (Fsp3) is 0.292. The van der Waals surface area contributed by atoms with Crippen molar-refractivity contribution in [1.82, 2.24) is 9.88 Å².